The molecule has 0 saturated carbocycles. The van der Waals surface area contributed by atoms with Gasteiger partial charge in [-0.25, -0.2) is 9.59 Å². The highest BCUT2D eigenvalue weighted by atomic mass is 35.5. The van der Waals surface area contributed by atoms with Gasteiger partial charge < -0.3 is 15.7 Å². The Morgan fingerprint density at radius 1 is 1.32 bits per heavy atom. The summed E-state index contributed by atoms with van der Waals surface area (Å²) in [5.74, 6) is -1.06. The summed E-state index contributed by atoms with van der Waals surface area (Å²) in [5, 5.41) is 14.5. The number of nitrogens with one attached hydrogen (secondary N) is 2. The molecule has 1 aromatic carbocycles. The molecular weight excluding hydrogens is 291 g/mol. The van der Waals surface area contributed by atoms with Gasteiger partial charge in [-0.3, -0.25) is 0 Å². The van der Waals surface area contributed by atoms with E-state index >= 15 is 0 Å². The second-order valence-electron chi connectivity index (χ2n) is 3.91. The summed E-state index contributed by atoms with van der Waals surface area (Å²) in [6, 6.07) is 3.09. The lowest BCUT2D eigenvalue weighted by molar-refractivity contribution is -0.139. The van der Waals surface area contributed by atoms with Crippen molar-refractivity contribution in [2.24, 2.45) is 0 Å². The molecule has 2 amide bonds. The minimum absolute atomic E-state index is 0.308. The molecular formula is C12H14Cl2N2O3. The van der Waals surface area contributed by atoms with Crippen LogP contribution in [0, 0.1) is 0 Å². The highest BCUT2D eigenvalue weighted by molar-refractivity contribution is 6.42. The largest absolute Gasteiger partial charge is 0.480 e. The zero-order valence-electron chi connectivity index (χ0n) is 10.2. The first-order valence-corrected chi connectivity index (χ1v) is 6.45. The van der Waals surface area contributed by atoms with Crippen molar-refractivity contribution in [2.45, 2.75) is 25.8 Å². The van der Waals surface area contributed by atoms with E-state index in [1.54, 1.807) is 12.1 Å². The highest BCUT2D eigenvalue weighted by Gasteiger charge is 2.18. The van der Waals surface area contributed by atoms with Crippen LogP contribution in [0.4, 0.5) is 10.5 Å². The van der Waals surface area contributed by atoms with E-state index in [4.69, 9.17) is 28.3 Å². The number of carboxylic acid groups (broad SMARTS) is 1. The summed E-state index contributed by atoms with van der Waals surface area (Å²) >= 11 is 11.6. The summed E-state index contributed by atoms with van der Waals surface area (Å²) in [6.45, 7) is 1.84. The first-order chi connectivity index (χ1) is 8.93. The van der Waals surface area contributed by atoms with Crippen molar-refractivity contribution in [1.82, 2.24) is 5.32 Å². The molecule has 0 aliphatic heterocycles. The van der Waals surface area contributed by atoms with Gasteiger partial charge in [0, 0.05) is 5.69 Å². The lowest BCUT2D eigenvalue weighted by atomic mass is 10.2. The summed E-state index contributed by atoms with van der Waals surface area (Å²) < 4.78 is 0. The van der Waals surface area contributed by atoms with Gasteiger partial charge in [0.2, 0.25) is 0 Å². The molecule has 0 unspecified atom stereocenters. The van der Waals surface area contributed by atoms with Crippen molar-refractivity contribution in [1.29, 1.82) is 0 Å². The summed E-state index contributed by atoms with van der Waals surface area (Å²) in [4.78, 5) is 22.5. The molecule has 3 N–H and O–H groups in total. The number of carboxylic acids is 1. The molecule has 0 aromatic heterocycles. The number of urea groups is 1. The maximum Gasteiger partial charge on any atom is 0.326 e. The Morgan fingerprint density at radius 2 is 2.00 bits per heavy atom. The van der Waals surface area contributed by atoms with Crippen LogP contribution in [0.5, 0.6) is 0 Å². The fraction of sp³-hybridized carbons (Fsp3) is 0.333. The number of carbonyl (C=O) groups is 2. The predicted octanol–water partition coefficient (Wildman–Crippen LogP) is 3.37. The number of benzene rings is 1. The number of aliphatic carboxylic acids is 1. The van der Waals surface area contributed by atoms with Gasteiger partial charge in [-0.2, -0.15) is 0 Å². The normalized spacial score (nSPS) is 11.7. The van der Waals surface area contributed by atoms with Crippen molar-refractivity contribution in [3.8, 4) is 0 Å². The van der Waals surface area contributed by atoms with E-state index in [0.29, 0.717) is 28.6 Å². The average Bonchev–Trinajstić information content (AvgIpc) is 2.33. The zero-order valence-corrected chi connectivity index (χ0v) is 11.8. The molecule has 1 atom stereocenters. The van der Waals surface area contributed by atoms with Gasteiger partial charge in [0.05, 0.1) is 10.0 Å². The maximum absolute atomic E-state index is 11.6. The third kappa shape index (κ3) is 4.96. The van der Waals surface area contributed by atoms with Gasteiger partial charge in [0.1, 0.15) is 6.04 Å². The third-order valence-corrected chi connectivity index (χ3v) is 3.10. The van der Waals surface area contributed by atoms with Crippen molar-refractivity contribution in [3.05, 3.63) is 28.2 Å². The van der Waals surface area contributed by atoms with Gasteiger partial charge >= 0.3 is 12.0 Å². The molecule has 0 heterocycles. The number of hydrogen-bond donors (Lipinski definition) is 3. The quantitative estimate of drug-likeness (QED) is 0.780. The average molecular weight is 305 g/mol. The Bertz CT molecular complexity index is 480. The van der Waals surface area contributed by atoms with Gasteiger partial charge in [-0.1, -0.05) is 36.5 Å². The summed E-state index contributed by atoms with van der Waals surface area (Å²) in [7, 11) is 0. The van der Waals surface area contributed by atoms with Crippen molar-refractivity contribution in [2.75, 3.05) is 5.32 Å². The SMILES string of the molecule is CCC[C@H](NC(=O)Nc1ccc(Cl)c(Cl)c1)C(=O)O. The molecule has 0 aliphatic rings. The number of carbonyl (C=O) groups excluding carboxylic acids is 1. The van der Waals surface area contributed by atoms with Gasteiger partial charge in [0.15, 0.2) is 0 Å². The summed E-state index contributed by atoms with van der Waals surface area (Å²) in [6.07, 6.45) is 1.02. The Kier molecular flexibility index (Phi) is 5.92. The Labute approximate surface area is 120 Å². The molecule has 0 spiro atoms. The number of anilines is 1. The van der Waals surface area contributed by atoms with E-state index < -0.39 is 18.0 Å². The van der Waals surface area contributed by atoms with E-state index in [-0.39, 0.29) is 0 Å². The lowest BCUT2D eigenvalue weighted by Gasteiger charge is -2.14. The van der Waals surface area contributed by atoms with E-state index in [1.807, 2.05) is 6.92 Å². The number of hydrogen-bond acceptors (Lipinski definition) is 2. The van der Waals surface area contributed by atoms with Crippen molar-refractivity contribution < 1.29 is 14.7 Å². The smallest absolute Gasteiger partial charge is 0.326 e. The molecule has 0 fully saturated rings. The molecule has 0 aliphatic carbocycles. The molecule has 5 nitrogen and oxygen atoms in total. The van der Waals surface area contributed by atoms with Crippen LogP contribution in [-0.4, -0.2) is 23.1 Å². The summed E-state index contributed by atoms with van der Waals surface area (Å²) in [5.41, 5.74) is 0.438. The van der Waals surface area contributed by atoms with Crippen LogP contribution >= 0.6 is 23.2 Å². The van der Waals surface area contributed by atoms with Gasteiger partial charge in [0.25, 0.3) is 0 Å². The van der Waals surface area contributed by atoms with E-state index in [9.17, 15) is 9.59 Å². The molecule has 0 bridgehead atoms. The van der Waals surface area contributed by atoms with Crippen LogP contribution in [-0.2, 0) is 4.79 Å². The zero-order chi connectivity index (χ0) is 14.4. The van der Waals surface area contributed by atoms with Crippen LogP contribution in [0.25, 0.3) is 0 Å². The molecule has 104 valence electrons. The minimum Gasteiger partial charge on any atom is -0.480 e. The molecule has 0 saturated heterocycles. The van der Waals surface area contributed by atoms with E-state index in [1.165, 1.54) is 6.07 Å². The fourth-order valence-corrected chi connectivity index (χ4v) is 1.74. The van der Waals surface area contributed by atoms with Crippen molar-refractivity contribution in [3.63, 3.8) is 0 Å². The van der Waals surface area contributed by atoms with E-state index in [2.05, 4.69) is 10.6 Å². The van der Waals surface area contributed by atoms with Crippen LogP contribution in [0.1, 0.15) is 19.8 Å². The van der Waals surface area contributed by atoms with Gasteiger partial charge in [-0.15, -0.1) is 0 Å². The first-order valence-electron chi connectivity index (χ1n) is 5.69. The predicted molar refractivity (Wildman–Crippen MR) is 74.9 cm³/mol. The number of halogens is 2. The van der Waals surface area contributed by atoms with Crippen LogP contribution < -0.4 is 10.6 Å². The Hall–Kier alpha value is -1.46. The standard InChI is InChI=1S/C12H14Cl2N2O3/c1-2-3-10(11(17)18)16-12(19)15-7-4-5-8(13)9(14)6-7/h4-6,10H,2-3H2,1H3,(H,17,18)(H2,15,16,19)/t10-/m0/s1. The minimum atomic E-state index is -1.06. The first kappa shape index (κ1) is 15.6. The Balaban J connectivity index is 2.63. The monoisotopic (exact) mass is 304 g/mol. The van der Waals surface area contributed by atoms with Crippen molar-refractivity contribution >= 4 is 40.9 Å². The lowest BCUT2D eigenvalue weighted by Crippen LogP contribution is -2.42. The second-order valence-corrected chi connectivity index (χ2v) is 4.72. The van der Waals surface area contributed by atoms with E-state index in [0.717, 1.165) is 0 Å². The van der Waals surface area contributed by atoms with Gasteiger partial charge in [-0.05, 0) is 24.6 Å². The highest BCUT2D eigenvalue weighted by Crippen LogP contribution is 2.24. The molecule has 1 aromatic rings. The maximum atomic E-state index is 11.6. The Morgan fingerprint density at radius 3 is 2.53 bits per heavy atom. The second kappa shape index (κ2) is 7.21. The molecule has 1 rings (SSSR count). The molecule has 0 radical (unpaired) electrons. The fourth-order valence-electron chi connectivity index (χ4n) is 1.45. The van der Waals surface area contributed by atoms with Crippen LogP contribution in [0.3, 0.4) is 0 Å². The molecule has 19 heavy (non-hydrogen) atoms. The molecule has 7 heteroatoms. The van der Waals surface area contributed by atoms with Crippen LogP contribution in [0.2, 0.25) is 10.0 Å². The topological polar surface area (TPSA) is 78.4 Å². The van der Waals surface area contributed by atoms with Crippen LogP contribution in [0.15, 0.2) is 18.2 Å². The number of rotatable bonds is 5. The number of amides is 2. The third-order valence-electron chi connectivity index (χ3n) is 2.36.